The first-order chi connectivity index (χ1) is 10.0. The summed E-state index contributed by atoms with van der Waals surface area (Å²) in [4.78, 5) is 27.8. The molecule has 0 aromatic heterocycles. The number of benzene rings is 1. The van der Waals surface area contributed by atoms with Gasteiger partial charge in [0.1, 0.15) is 6.04 Å². The van der Waals surface area contributed by atoms with Crippen LogP contribution in [0.15, 0.2) is 24.3 Å². The van der Waals surface area contributed by atoms with Gasteiger partial charge in [0.15, 0.2) is 0 Å². The molecule has 1 aromatic carbocycles. The second kappa shape index (κ2) is 6.80. The number of urea groups is 1. The molecule has 1 heterocycles. The van der Waals surface area contributed by atoms with Gasteiger partial charge in [-0.25, -0.2) is 4.79 Å². The Morgan fingerprint density at radius 3 is 2.62 bits per heavy atom. The van der Waals surface area contributed by atoms with Crippen molar-refractivity contribution in [3.05, 3.63) is 29.3 Å². The minimum Gasteiger partial charge on any atom is -0.338 e. The Kier molecular flexibility index (Phi) is 5.07. The first-order valence-corrected chi connectivity index (χ1v) is 7.53. The van der Waals surface area contributed by atoms with Gasteiger partial charge in [-0.2, -0.15) is 0 Å². The van der Waals surface area contributed by atoms with Crippen LogP contribution < -0.4 is 10.2 Å². The molecular weight excluding hydrogens is 290 g/mol. The molecule has 0 spiro atoms. The van der Waals surface area contributed by atoms with Crippen molar-refractivity contribution in [1.29, 1.82) is 0 Å². The predicted molar refractivity (Wildman–Crippen MR) is 83.7 cm³/mol. The van der Waals surface area contributed by atoms with Crippen LogP contribution in [0.4, 0.5) is 10.5 Å². The van der Waals surface area contributed by atoms with Crippen LogP contribution in [-0.2, 0) is 4.79 Å². The van der Waals surface area contributed by atoms with Crippen molar-refractivity contribution in [1.82, 2.24) is 10.2 Å². The monoisotopic (exact) mass is 309 g/mol. The Labute approximate surface area is 129 Å². The van der Waals surface area contributed by atoms with Gasteiger partial charge in [0.25, 0.3) is 0 Å². The Hall–Kier alpha value is -1.75. The van der Waals surface area contributed by atoms with Crippen molar-refractivity contribution >= 4 is 29.2 Å². The Morgan fingerprint density at radius 1 is 1.33 bits per heavy atom. The molecule has 0 saturated carbocycles. The zero-order chi connectivity index (χ0) is 15.4. The molecule has 114 valence electrons. The molecule has 1 fully saturated rings. The first-order valence-electron chi connectivity index (χ1n) is 7.16. The van der Waals surface area contributed by atoms with Gasteiger partial charge >= 0.3 is 6.03 Å². The highest BCUT2D eigenvalue weighted by molar-refractivity contribution is 6.30. The van der Waals surface area contributed by atoms with E-state index in [4.69, 9.17) is 11.6 Å². The highest BCUT2D eigenvalue weighted by Crippen LogP contribution is 2.22. The fraction of sp³-hybridized carbons (Fsp3) is 0.467. The third kappa shape index (κ3) is 3.47. The average molecular weight is 310 g/mol. The summed E-state index contributed by atoms with van der Waals surface area (Å²) in [6, 6.07) is 6.52. The molecular formula is C15H20ClN3O2. The lowest BCUT2D eigenvalue weighted by Crippen LogP contribution is -2.59. The Balaban J connectivity index is 2.07. The predicted octanol–water partition coefficient (Wildman–Crippen LogP) is 2.50. The lowest BCUT2D eigenvalue weighted by atomic mass is 10.1. The number of nitrogens with one attached hydrogen (secondary N) is 1. The van der Waals surface area contributed by atoms with Gasteiger partial charge in [-0.05, 0) is 37.6 Å². The van der Waals surface area contributed by atoms with Crippen LogP contribution in [0.5, 0.6) is 0 Å². The van der Waals surface area contributed by atoms with Gasteiger partial charge in [0.05, 0.1) is 0 Å². The molecule has 0 aliphatic carbocycles. The highest BCUT2D eigenvalue weighted by Gasteiger charge is 2.34. The van der Waals surface area contributed by atoms with Gasteiger partial charge < -0.3 is 15.1 Å². The summed E-state index contributed by atoms with van der Waals surface area (Å²) in [5.41, 5.74) is 0.810. The van der Waals surface area contributed by atoms with E-state index in [2.05, 4.69) is 5.32 Å². The molecule has 21 heavy (non-hydrogen) atoms. The zero-order valence-electron chi connectivity index (χ0n) is 12.3. The summed E-state index contributed by atoms with van der Waals surface area (Å²) in [5, 5.41) is 3.45. The van der Waals surface area contributed by atoms with Gasteiger partial charge in [0, 0.05) is 30.3 Å². The number of anilines is 1. The number of carbonyl (C=O) groups is 2. The van der Waals surface area contributed by atoms with E-state index in [0.29, 0.717) is 24.7 Å². The second-order valence-electron chi connectivity index (χ2n) is 5.07. The molecule has 5 nitrogen and oxygen atoms in total. The third-order valence-electron chi connectivity index (χ3n) is 3.58. The first kappa shape index (κ1) is 15.6. The maximum atomic E-state index is 12.5. The summed E-state index contributed by atoms with van der Waals surface area (Å²) in [5.74, 6) is -0.0739. The van der Waals surface area contributed by atoms with Crippen LogP contribution in [0.2, 0.25) is 5.02 Å². The second-order valence-corrected chi connectivity index (χ2v) is 5.50. The topological polar surface area (TPSA) is 52.7 Å². The largest absolute Gasteiger partial charge is 0.338 e. The van der Waals surface area contributed by atoms with E-state index in [0.717, 1.165) is 12.1 Å². The molecule has 6 heteroatoms. The highest BCUT2D eigenvalue weighted by atomic mass is 35.5. The number of nitrogens with zero attached hydrogens (tertiary/aromatic N) is 2. The number of carbonyl (C=O) groups excluding carboxylic acids is 2. The molecule has 3 amide bonds. The molecule has 1 atom stereocenters. The van der Waals surface area contributed by atoms with Crippen LogP contribution in [0.25, 0.3) is 0 Å². The normalized spacial score (nSPS) is 18.8. The molecule has 2 rings (SSSR count). The number of hydrogen-bond donors (Lipinski definition) is 1. The fourth-order valence-corrected chi connectivity index (χ4v) is 2.48. The van der Waals surface area contributed by atoms with Crippen LogP contribution in [0.3, 0.4) is 0 Å². The van der Waals surface area contributed by atoms with Crippen molar-refractivity contribution in [2.24, 2.45) is 0 Å². The Morgan fingerprint density at radius 2 is 2.00 bits per heavy atom. The van der Waals surface area contributed by atoms with E-state index in [1.54, 1.807) is 28.9 Å². The number of hydrogen-bond acceptors (Lipinski definition) is 2. The zero-order valence-corrected chi connectivity index (χ0v) is 13.1. The maximum absolute atomic E-state index is 12.5. The van der Waals surface area contributed by atoms with E-state index in [-0.39, 0.29) is 11.9 Å². The SMILES string of the molecule is CCCNC(=O)N1CCN(c2ccc(Cl)cc2)C(=O)C1C. The number of rotatable bonds is 3. The fourth-order valence-electron chi connectivity index (χ4n) is 2.36. The summed E-state index contributed by atoms with van der Waals surface area (Å²) in [6.07, 6.45) is 0.874. The minimum absolute atomic E-state index is 0.0739. The van der Waals surface area contributed by atoms with Gasteiger partial charge in [0.2, 0.25) is 5.91 Å². The molecule has 1 aromatic rings. The van der Waals surface area contributed by atoms with Crippen molar-refractivity contribution < 1.29 is 9.59 Å². The molecule has 0 radical (unpaired) electrons. The number of amides is 3. The Bertz CT molecular complexity index is 518. The van der Waals surface area contributed by atoms with Gasteiger partial charge in [-0.1, -0.05) is 18.5 Å². The van der Waals surface area contributed by atoms with Crippen molar-refractivity contribution in [2.45, 2.75) is 26.3 Å². The van der Waals surface area contributed by atoms with E-state index < -0.39 is 6.04 Å². The quantitative estimate of drug-likeness (QED) is 0.932. The smallest absolute Gasteiger partial charge is 0.318 e. The molecule has 1 N–H and O–H groups in total. The van der Waals surface area contributed by atoms with E-state index >= 15 is 0 Å². The number of piperazine rings is 1. The maximum Gasteiger partial charge on any atom is 0.318 e. The van der Waals surface area contributed by atoms with Crippen LogP contribution in [-0.4, -0.2) is 42.5 Å². The molecule has 0 bridgehead atoms. The molecule has 1 aliphatic heterocycles. The summed E-state index contributed by atoms with van der Waals surface area (Å²) >= 11 is 5.86. The average Bonchev–Trinajstić information content (AvgIpc) is 2.48. The lowest BCUT2D eigenvalue weighted by molar-refractivity contribution is -0.124. The molecule has 1 aliphatic rings. The van der Waals surface area contributed by atoms with E-state index in [1.165, 1.54) is 0 Å². The van der Waals surface area contributed by atoms with E-state index in [9.17, 15) is 9.59 Å². The lowest BCUT2D eigenvalue weighted by Gasteiger charge is -2.39. The summed E-state index contributed by atoms with van der Waals surface area (Å²) in [6.45, 7) is 5.38. The van der Waals surface area contributed by atoms with E-state index in [1.807, 2.05) is 19.1 Å². The summed E-state index contributed by atoms with van der Waals surface area (Å²) < 4.78 is 0. The van der Waals surface area contributed by atoms with Crippen molar-refractivity contribution in [3.8, 4) is 0 Å². The standard InChI is InChI=1S/C15H20ClN3O2/c1-3-8-17-15(21)18-9-10-19(14(20)11(18)2)13-6-4-12(16)5-7-13/h4-7,11H,3,8-10H2,1-2H3,(H,17,21). The van der Waals surface area contributed by atoms with Gasteiger partial charge in [-0.15, -0.1) is 0 Å². The van der Waals surface area contributed by atoms with Crippen molar-refractivity contribution in [2.75, 3.05) is 24.5 Å². The van der Waals surface area contributed by atoms with Crippen LogP contribution >= 0.6 is 11.6 Å². The van der Waals surface area contributed by atoms with Gasteiger partial charge in [-0.3, -0.25) is 4.79 Å². The third-order valence-corrected chi connectivity index (χ3v) is 3.83. The van der Waals surface area contributed by atoms with Crippen LogP contribution in [0.1, 0.15) is 20.3 Å². The molecule has 1 saturated heterocycles. The minimum atomic E-state index is -0.466. The van der Waals surface area contributed by atoms with Crippen LogP contribution in [0, 0.1) is 0 Å². The summed E-state index contributed by atoms with van der Waals surface area (Å²) in [7, 11) is 0. The number of halogens is 1. The molecule has 1 unspecified atom stereocenters. The van der Waals surface area contributed by atoms with Crippen molar-refractivity contribution in [3.63, 3.8) is 0 Å².